The second kappa shape index (κ2) is 10.1. The Labute approximate surface area is 201 Å². The molecule has 1 saturated heterocycles. The minimum Gasteiger partial charge on any atom is -0.340 e. The van der Waals surface area contributed by atoms with Gasteiger partial charge in [0.1, 0.15) is 5.54 Å². The lowest BCUT2D eigenvalue weighted by molar-refractivity contribution is -0.131. The summed E-state index contributed by atoms with van der Waals surface area (Å²) in [6, 6.07) is 31.7. The van der Waals surface area contributed by atoms with E-state index < -0.39 is 5.54 Å². The van der Waals surface area contributed by atoms with Crippen molar-refractivity contribution in [2.24, 2.45) is 0 Å². The normalized spacial score (nSPS) is 14.2. The Hall–Kier alpha value is -3.70. The van der Waals surface area contributed by atoms with Gasteiger partial charge in [-0.1, -0.05) is 91.0 Å². The van der Waals surface area contributed by atoms with Crippen molar-refractivity contribution in [1.82, 2.24) is 19.8 Å². The van der Waals surface area contributed by atoms with E-state index in [4.69, 9.17) is 4.98 Å². The molecule has 0 atom stereocenters. The standard InChI is InChI=1S/C29H30N4O/c34-28(32-20-18-30-19-21-32)17-16-27-22-33(23-31-27)29(24-10-4-1-5-11-24,25-12-6-2-7-13-25)26-14-8-3-9-15-26/h1-15,22-23,30H,16-21H2. The van der Waals surface area contributed by atoms with Gasteiger partial charge in [0.05, 0.1) is 12.0 Å². The summed E-state index contributed by atoms with van der Waals surface area (Å²) in [5.41, 5.74) is 3.84. The lowest BCUT2D eigenvalue weighted by Gasteiger charge is -2.37. The van der Waals surface area contributed by atoms with E-state index in [1.807, 2.05) is 29.4 Å². The Balaban J connectivity index is 1.54. The van der Waals surface area contributed by atoms with Gasteiger partial charge in [0.2, 0.25) is 5.91 Å². The van der Waals surface area contributed by atoms with Crippen molar-refractivity contribution in [3.63, 3.8) is 0 Å². The van der Waals surface area contributed by atoms with Crippen LogP contribution in [0.2, 0.25) is 0 Å². The van der Waals surface area contributed by atoms with E-state index in [1.54, 1.807) is 0 Å². The predicted molar refractivity (Wildman–Crippen MR) is 135 cm³/mol. The molecule has 0 bridgehead atoms. The number of aryl methyl sites for hydroxylation is 1. The number of nitrogens with one attached hydrogen (secondary N) is 1. The summed E-state index contributed by atoms with van der Waals surface area (Å²) in [6.45, 7) is 3.31. The molecular weight excluding hydrogens is 420 g/mol. The van der Waals surface area contributed by atoms with E-state index in [9.17, 15) is 4.79 Å². The summed E-state index contributed by atoms with van der Waals surface area (Å²) in [7, 11) is 0. The molecule has 0 unspecified atom stereocenters. The SMILES string of the molecule is O=C(CCc1cn(C(c2ccccc2)(c2ccccc2)c2ccccc2)cn1)N1CCNCC1. The maximum atomic E-state index is 12.7. The topological polar surface area (TPSA) is 50.2 Å². The molecule has 1 aliphatic rings. The number of amides is 1. The van der Waals surface area contributed by atoms with Crippen LogP contribution in [0.4, 0.5) is 0 Å². The van der Waals surface area contributed by atoms with Gasteiger partial charge in [-0.3, -0.25) is 4.79 Å². The van der Waals surface area contributed by atoms with Crippen LogP contribution in [-0.2, 0) is 16.8 Å². The fourth-order valence-corrected chi connectivity index (χ4v) is 4.97. The molecule has 4 aromatic rings. The fraction of sp³-hybridized carbons (Fsp3) is 0.241. The fourth-order valence-electron chi connectivity index (χ4n) is 4.97. The van der Waals surface area contributed by atoms with Gasteiger partial charge in [-0.15, -0.1) is 0 Å². The van der Waals surface area contributed by atoms with Crippen LogP contribution in [0.25, 0.3) is 0 Å². The van der Waals surface area contributed by atoms with Gasteiger partial charge >= 0.3 is 0 Å². The van der Waals surface area contributed by atoms with Crippen molar-refractivity contribution in [1.29, 1.82) is 0 Å². The zero-order valence-corrected chi connectivity index (χ0v) is 19.3. The predicted octanol–water partition coefficient (Wildman–Crippen LogP) is 4.09. The second-order valence-electron chi connectivity index (χ2n) is 8.71. The number of aromatic nitrogens is 2. The third kappa shape index (κ3) is 4.27. The molecule has 0 aliphatic carbocycles. The van der Waals surface area contributed by atoms with Crippen molar-refractivity contribution in [2.45, 2.75) is 18.4 Å². The average Bonchev–Trinajstić information content (AvgIpc) is 3.39. The van der Waals surface area contributed by atoms with Gasteiger partial charge in [-0.2, -0.15) is 0 Å². The van der Waals surface area contributed by atoms with Crippen LogP contribution in [0.5, 0.6) is 0 Å². The van der Waals surface area contributed by atoms with Gasteiger partial charge in [0.25, 0.3) is 0 Å². The largest absolute Gasteiger partial charge is 0.340 e. The number of nitrogens with zero attached hydrogens (tertiary/aromatic N) is 3. The molecule has 1 aliphatic heterocycles. The summed E-state index contributed by atoms with van der Waals surface area (Å²) in [6.07, 6.45) is 5.13. The molecule has 5 rings (SSSR count). The molecule has 1 fully saturated rings. The van der Waals surface area contributed by atoms with Crippen LogP contribution < -0.4 is 5.32 Å². The van der Waals surface area contributed by atoms with Gasteiger partial charge in [0, 0.05) is 38.8 Å². The zero-order chi connectivity index (χ0) is 23.2. The molecule has 0 radical (unpaired) electrons. The first-order chi connectivity index (χ1) is 16.8. The zero-order valence-electron chi connectivity index (χ0n) is 19.3. The third-order valence-electron chi connectivity index (χ3n) is 6.66. The number of hydrogen-bond donors (Lipinski definition) is 1. The second-order valence-corrected chi connectivity index (χ2v) is 8.71. The van der Waals surface area contributed by atoms with Crippen LogP contribution >= 0.6 is 0 Å². The van der Waals surface area contributed by atoms with Crippen molar-refractivity contribution in [3.05, 3.63) is 126 Å². The molecule has 0 spiro atoms. The van der Waals surface area contributed by atoms with Crippen LogP contribution in [0.15, 0.2) is 104 Å². The van der Waals surface area contributed by atoms with Crippen molar-refractivity contribution >= 4 is 5.91 Å². The molecule has 1 amide bonds. The Morgan fingerprint density at radius 1 is 0.794 bits per heavy atom. The minimum atomic E-state index is -0.572. The molecule has 1 N–H and O–H groups in total. The van der Waals surface area contributed by atoms with E-state index in [1.165, 1.54) is 0 Å². The monoisotopic (exact) mass is 450 g/mol. The highest BCUT2D eigenvalue weighted by Crippen LogP contribution is 2.40. The highest BCUT2D eigenvalue weighted by atomic mass is 16.2. The average molecular weight is 451 g/mol. The molecule has 1 aromatic heterocycles. The first kappa shape index (κ1) is 22.1. The van der Waals surface area contributed by atoms with E-state index in [-0.39, 0.29) is 5.91 Å². The number of piperazine rings is 1. The number of hydrogen-bond acceptors (Lipinski definition) is 3. The van der Waals surface area contributed by atoms with Crippen molar-refractivity contribution < 1.29 is 4.79 Å². The Morgan fingerprint density at radius 3 is 1.79 bits per heavy atom. The Morgan fingerprint density at radius 2 is 1.29 bits per heavy atom. The van der Waals surface area contributed by atoms with Crippen LogP contribution in [0.3, 0.4) is 0 Å². The maximum absolute atomic E-state index is 12.7. The molecule has 172 valence electrons. The summed E-state index contributed by atoms with van der Waals surface area (Å²) < 4.78 is 2.21. The molecule has 5 nitrogen and oxygen atoms in total. The summed E-state index contributed by atoms with van der Waals surface area (Å²) in [4.78, 5) is 19.4. The van der Waals surface area contributed by atoms with Gasteiger partial charge in [-0.05, 0) is 23.1 Å². The van der Waals surface area contributed by atoms with Gasteiger partial charge < -0.3 is 14.8 Å². The van der Waals surface area contributed by atoms with E-state index >= 15 is 0 Å². The summed E-state index contributed by atoms with van der Waals surface area (Å²) in [5.74, 6) is 0.205. The van der Waals surface area contributed by atoms with Crippen molar-refractivity contribution in [2.75, 3.05) is 26.2 Å². The minimum absolute atomic E-state index is 0.205. The quantitative estimate of drug-likeness (QED) is 0.432. The van der Waals surface area contributed by atoms with Gasteiger partial charge in [-0.25, -0.2) is 4.98 Å². The lowest BCUT2D eigenvalue weighted by atomic mass is 9.77. The summed E-state index contributed by atoms with van der Waals surface area (Å²) >= 11 is 0. The first-order valence-electron chi connectivity index (χ1n) is 12.0. The number of carbonyl (C=O) groups excluding carboxylic acids is 1. The van der Waals surface area contributed by atoms with Crippen molar-refractivity contribution in [3.8, 4) is 0 Å². The van der Waals surface area contributed by atoms with Crippen LogP contribution in [0.1, 0.15) is 28.8 Å². The van der Waals surface area contributed by atoms with Crippen LogP contribution in [-0.4, -0.2) is 46.5 Å². The number of carbonyl (C=O) groups is 1. The molecule has 0 saturated carbocycles. The molecule has 5 heteroatoms. The smallest absolute Gasteiger partial charge is 0.223 e. The highest BCUT2D eigenvalue weighted by molar-refractivity contribution is 5.76. The molecule has 2 heterocycles. The number of rotatable bonds is 7. The lowest BCUT2D eigenvalue weighted by Crippen LogP contribution is -2.46. The third-order valence-corrected chi connectivity index (χ3v) is 6.66. The molecule has 3 aromatic carbocycles. The summed E-state index contributed by atoms with van der Waals surface area (Å²) in [5, 5.41) is 3.30. The Bertz CT molecular complexity index is 1100. The molecule has 34 heavy (non-hydrogen) atoms. The van der Waals surface area contributed by atoms with E-state index in [0.717, 1.165) is 48.6 Å². The highest BCUT2D eigenvalue weighted by Gasteiger charge is 2.38. The number of imidazole rings is 1. The van der Waals surface area contributed by atoms with Crippen LogP contribution in [0, 0.1) is 0 Å². The maximum Gasteiger partial charge on any atom is 0.223 e. The Kier molecular flexibility index (Phi) is 6.54. The number of benzene rings is 3. The first-order valence-corrected chi connectivity index (χ1v) is 12.0. The molecular formula is C29H30N4O. The van der Waals surface area contributed by atoms with E-state index in [0.29, 0.717) is 12.8 Å². The van der Waals surface area contributed by atoms with Gasteiger partial charge in [0.15, 0.2) is 0 Å². The van der Waals surface area contributed by atoms with E-state index in [2.05, 4.69) is 88.9 Å².